The predicted molar refractivity (Wildman–Crippen MR) is 94.7 cm³/mol. The summed E-state index contributed by atoms with van der Waals surface area (Å²) < 4.78 is 0.915. The van der Waals surface area contributed by atoms with E-state index in [1.54, 1.807) is 6.07 Å². The fourth-order valence-corrected chi connectivity index (χ4v) is 3.16. The van der Waals surface area contributed by atoms with Crippen LogP contribution in [0.5, 0.6) is 0 Å². The average Bonchev–Trinajstić information content (AvgIpc) is 2.99. The van der Waals surface area contributed by atoms with Crippen molar-refractivity contribution in [1.29, 1.82) is 0 Å². The number of carbonyl (C=O) groups is 1. The van der Waals surface area contributed by atoms with E-state index < -0.39 is 0 Å². The van der Waals surface area contributed by atoms with Gasteiger partial charge < -0.3 is 10.6 Å². The van der Waals surface area contributed by atoms with E-state index in [0.29, 0.717) is 17.7 Å². The second-order valence-electron chi connectivity index (χ2n) is 5.81. The fraction of sp³-hybridized carbons (Fsp3) is 0.353. The fourth-order valence-electron chi connectivity index (χ4n) is 2.76. The number of nitrogens with one attached hydrogen (secondary N) is 2. The number of carbonyl (C=O) groups excluding carboxylic acids is 1. The largest absolute Gasteiger partial charge is 0.351 e. The Balaban J connectivity index is 1.75. The Hall–Kier alpha value is -1.95. The number of aryl methyl sites for hydroxylation is 1. The van der Waals surface area contributed by atoms with Crippen LogP contribution in [-0.4, -0.2) is 21.9 Å². The molecular weight excluding hydrogens is 356 g/mol. The van der Waals surface area contributed by atoms with Crippen LogP contribution in [-0.2, 0) is 0 Å². The molecular formula is C17H19BrN4O. The van der Waals surface area contributed by atoms with Gasteiger partial charge in [0.1, 0.15) is 5.69 Å². The number of benzene rings is 1. The van der Waals surface area contributed by atoms with Crippen molar-refractivity contribution in [2.45, 2.75) is 38.6 Å². The van der Waals surface area contributed by atoms with Crippen LogP contribution in [0.15, 0.2) is 34.8 Å². The molecule has 1 aliphatic rings. The molecule has 0 spiro atoms. The van der Waals surface area contributed by atoms with E-state index in [-0.39, 0.29) is 5.91 Å². The van der Waals surface area contributed by atoms with Crippen molar-refractivity contribution in [2.75, 3.05) is 10.6 Å². The van der Waals surface area contributed by atoms with Crippen LogP contribution >= 0.6 is 15.9 Å². The standard InChI is InChI=1S/C17H19BrN4O/c1-11-9-15(16(23)20-14-8-4-5-12(18)10-14)22-17(19-11)21-13-6-2-3-7-13/h4-5,8-10,13H,2-3,6-7H2,1H3,(H,20,23)(H,19,21,22). The van der Waals surface area contributed by atoms with Gasteiger partial charge in [-0.2, -0.15) is 0 Å². The maximum Gasteiger partial charge on any atom is 0.274 e. The molecule has 1 saturated carbocycles. The van der Waals surface area contributed by atoms with E-state index in [9.17, 15) is 4.79 Å². The van der Waals surface area contributed by atoms with Gasteiger partial charge in [0.15, 0.2) is 0 Å². The molecule has 1 heterocycles. The first kappa shape index (κ1) is 15.9. The first-order valence-electron chi connectivity index (χ1n) is 7.79. The summed E-state index contributed by atoms with van der Waals surface area (Å²) in [6, 6.07) is 9.59. The van der Waals surface area contributed by atoms with Crippen LogP contribution < -0.4 is 10.6 Å². The van der Waals surface area contributed by atoms with Crippen molar-refractivity contribution >= 4 is 33.5 Å². The van der Waals surface area contributed by atoms with E-state index in [2.05, 4.69) is 36.5 Å². The zero-order chi connectivity index (χ0) is 16.2. The topological polar surface area (TPSA) is 66.9 Å². The summed E-state index contributed by atoms with van der Waals surface area (Å²) >= 11 is 3.39. The molecule has 1 aromatic heterocycles. The van der Waals surface area contributed by atoms with Crippen LogP contribution in [0.3, 0.4) is 0 Å². The summed E-state index contributed by atoms with van der Waals surface area (Å²) in [5.41, 5.74) is 1.88. The Morgan fingerprint density at radius 2 is 2.00 bits per heavy atom. The number of nitrogens with zero attached hydrogens (tertiary/aromatic N) is 2. The van der Waals surface area contributed by atoms with E-state index >= 15 is 0 Å². The summed E-state index contributed by atoms with van der Waals surface area (Å²) in [5, 5.41) is 6.20. The van der Waals surface area contributed by atoms with Crippen LogP contribution in [0.2, 0.25) is 0 Å². The van der Waals surface area contributed by atoms with Gasteiger partial charge in [-0.05, 0) is 44.0 Å². The van der Waals surface area contributed by atoms with Gasteiger partial charge in [0.2, 0.25) is 5.95 Å². The maximum atomic E-state index is 12.4. The first-order valence-corrected chi connectivity index (χ1v) is 8.58. The Kier molecular flexibility index (Phi) is 4.91. The van der Waals surface area contributed by atoms with E-state index in [4.69, 9.17) is 0 Å². The number of hydrogen-bond donors (Lipinski definition) is 2. The predicted octanol–water partition coefficient (Wildman–Crippen LogP) is 4.15. The van der Waals surface area contributed by atoms with Crippen LogP contribution in [0, 0.1) is 6.92 Å². The quantitative estimate of drug-likeness (QED) is 0.843. The highest BCUT2D eigenvalue weighted by Gasteiger charge is 2.17. The molecule has 5 nitrogen and oxygen atoms in total. The molecule has 1 aromatic carbocycles. The lowest BCUT2D eigenvalue weighted by molar-refractivity contribution is 0.102. The molecule has 6 heteroatoms. The highest BCUT2D eigenvalue weighted by molar-refractivity contribution is 9.10. The van der Waals surface area contributed by atoms with E-state index in [1.165, 1.54) is 12.8 Å². The Morgan fingerprint density at radius 1 is 1.22 bits per heavy atom. The van der Waals surface area contributed by atoms with Gasteiger partial charge in [-0.3, -0.25) is 4.79 Å². The van der Waals surface area contributed by atoms with Crippen molar-refractivity contribution in [1.82, 2.24) is 9.97 Å². The van der Waals surface area contributed by atoms with Crippen LogP contribution in [0.4, 0.5) is 11.6 Å². The Bertz CT molecular complexity index is 713. The molecule has 0 atom stereocenters. The molecule has 0 aliphatic heterocycles. The molecule has 2 aromatic rings. The monoisotopic (exact) mass is 374 g/mol. The third-order valence-corrected chi connectivity index (χ3v) is 4.35. The van der Waals surface area contributed by atoms with Crippen molar-refractivity contribution < 1.29 is 4.79 Å². The molecule has 120 valence electrons. The molecule has 23 heavy (non-hydrogen) atoms. The summed E-state index contributed by atoms with van der Waals surface area (Å²) in [5.74, 6) is 0.305. The normalized spacial score (nSPS) is 14.7. The summed E-state index contributed by atoms with van der Waals surface area (Å²) in [6.45, 7) is 1.87. The summed E-state index contributed by atoms with van der Waals surface area (Å²) in [6.07, 6.45) is 4.74. The number of rotatable bonds is 4. The third kappa shape index (κ3) is 4.28. The van der Waals surface area contributed by atoms with Crippen molar-refractivity contribution in [3.63, 3.8) is 0 Å². The number of anilines is 2. The lowest BCUT2D eigenvalue weighted by Gasteiger charge is -2.13. The van der Waals surface area contributed by atoms with Crippen molar-refractivity contribution in [2.24, 2.45) is 0 Å². The number of aromatic nitrogens is 2. The minimum atomic E-state index is -0.233. The molecule has 2 N–H and O–H groups in total. The molecule has 3 rings (SSSR count). The Labute approximate surface area is 144 Å². The minimum absolute atomic E-state index is 0.233. The molecule has 1 amide bonds. The molecule has 1 fully saturated rings. The molecule has 0 unspecified atom stereocenters. The van der Waals surface area contributed by atoms with Gasteiger partial charge in [0.25, 0.3) is 5.91 Å². The second-order valence-corrected chi connectivity index (χ2v) is 6.72. The number of amides is 1. The van der Waals surface area contributed by atoms with Crippen LogP contribution in [0.1, 0.15) is 41.9 Å². The van der Waals surface area contributed by atoms with E-state index in [1.807, 2.05) is 31.2 Å². The van der Waals surface area contributed by atoms with Gasteiger partial charge in [0, 0.05) is 21.9 Å². The third-order valence-electron chi connectivity index (χ3n) is 3.86. The smallest absolute Gasteiger partial charge is 0.274 e. The van der Waals surface area contributed by atoms with Gasteiger partial charge in [0.05, 0.1) is 0 Å². The minimum Gasteiger partial charge on any atom is -0.351 e. The van der Waals surface area contributed by atoms with Gasteiger partial charge in [-0.25, -0.2) is 9.97 Å². The van der Waals surface area contributed by atoms with Crippen molar-refractivity contribution in [3.8, 4) is 0 Å². The lowest BCUT2D eigenvalue weighted by atomic mass is 10.2. The molecule has 1 aliphatic carbocycles. The molecule has 0 bridgehead atoms. The zero-order valence-electron chi connectivity index (χ0n) is 13.0. The highest BCUT2D eigenvalue weighted by atomic mass is 79.9. The average molecular weight is 375 g/mol. The second kappa shape index (κ2) is 7.08. The van der Waals surface area contributed by atoms with Crippen LogP contribution in [0.25, 0.3) is 0 Å². The number of halogens is 1. The van der Waals surface area contributed by atoms with Gasteiger partial charge >= 0.3 is 0 Å². The molecule has 0 radical (unpaired) electrons. The molecule has 0 saturated heterocycles. The SMILES string of the molecule is Cc1cc(C(=O)Nc2cccc(Br)c2)nc(NC2CCCC2)n1. The van der Waals surface area contributed by atoms with Gasteiger partial charge in [-0.1, -0.05) is 34.8 Å². The first-order chi connectivity index (χ1) is 11.1. The lowest BCUT2D eigenvalue weighted by Crippen LogP contribution is -2.20. The summed E-state index contributed by atoms with van der Waals surface area (Å²) in [4.78, 5) is 21.2. The van der Waals surface area contributed by atoms with E-state index in [0.717, 1.165) is 28.7 Å². The van der Waals surface area contributed by atoms with Gasteiger partial charge in [-0.15, -0.1) is 0 Å². The van der Waals surface area contributed by atoms with Crippen molar-refractivity contribution in [3.05, 3.63) is 46.2 Å². The Morgan fingerprint density at radius 3 is 2.74 bits per heavy atom. The zero-order valence-corrected chi connectivity index (χ0v) is 14.6. The number of hydrogen-bond acceptors (Lipinski definition) is 4. The highest BCUT2D eigenvalue weighted by Crippen LogP contribution is 2.21. The maximum absolute atomic E-state index is 12.4. The summed E-state index contributed by atoms with van der Waals surface area (Å²) in [7, 11) is 0.